The predicted octanol–water partition coefficient (Wildman–Crippen LogP) is 4.25. The van der Waals surface area contributed by atoms with E-state index in [0.717, 1.165) is 11.3 Å². The third kappa shape index (κ3) is 4.25. The Labute approximate surface area is 160 Å². The van der Waals surface area contributed by atoms with E-state index in [4.69, 9.17) is 4.74 Å². The van der Waals surface area contributed by atoms with Crippen LogP contribution in [-0.4, -0.2) is 33.4 Å². The van der Waals surface area contributed by atoms with Gasteiger partial charge in [0.1, 0.15) is 11.6 Å². The molecular formula is C20H18FN3O2S. The van der Waals surface area contributed by atoms with E-state index in [1.165, 1.54) is 23.9 Å². The average molecular weight is 383 g/mol. The Morgan fingerprint density at radius 3 is 2.63 bits per heavy atom. The first-order valence-electron chi connectivity index (χ1n) is 8.23. The molecule has 0 unspecified atom stereocenters. The van der Waals surface area contributed by atoms with Crippen LogP contribution in [0, 0.1) is 5.82 Å². The average Bonchev–Trinajstić information content (AvgIpc) is 3.09. The van der Waals surface area contributed by atoms with Crippen LogP contribution >= 0.6 is 11.8 Å². The first-order chi connectivity index (χ1) is 13.1. The van der Waals surface area contributed by atoms with Gasteiger partial charge >= 0.3 is 0 Å². The molecular weight excluding hydrogens is 365 g/mol. The van der Waals surface area contributed by atoms with E-state index in [0.29, 0.717) is 17.5 Å². The zero-order chi connectivity index (χ0) is 19.2. The Morgan fingerprint density at radius 2 is 1.96 bits per heavy atom. The SMILES string of the molecule is C=CCn1c(SCC(=O)c2ccccc2F)nnc1-c1ccc(OC)cc1. The van der Waals surface area contributed by atoms with E-state index >= 15 is 0 Å². The number of hydrogen-bond donors (Lipinski definition) is 0. The number of nitrogens with zero attached hydrogens (tertiary/aromatic N) is 3. The van der Waals surface area contributed by atoms with Crippen LogP contribution in [0.1, 0.15) is 10.4 Å². The van der Waals surface area contributed by atoms with Crippen molar-refractivity contribution in [2.24, 2.45) is 0 Å². The largest absolute Gasteiger partial charge is 0.497 e. The molecule has 3 rings (SSSR count). The standard InChI is InChI=1S/C20H18FN3O2S/c1-3-12-24-19(14-8-10-15(26-2)11-9-14)22-23-20(24)27-13-18(25)16-6-4-5-7-17(16)21/h3-11H,1,12-13H2,2H3. The molecule has 5 nitrogen and oxygen atoms in total. The summed E-state index contributed by atoms with van der Waals surface area (Å²) in [6, 6.07) is 13.4. The van der Waals surface area contributed by atoms with Gasteiger partial charge in [0, 0.05) is 12.1 Å². The van der Waals surface area contributed by atoms with E-state index in [9.17, 15) is 9.18 Å². The molecule has 1 aromatic heterocycles. The van der Waals surface area contributed by atoms with Gasteiger partial charge in [0.2, 0.25) is 0 Å². The molecule has 0 atom stereocenters. The van der Waals surface area contributed by atoms with Crippen molar-refractivity contribution in [2.45, 2.75) is 11.7 Å². The minimum absolute atomic E-state index is 0.0683. The normalized spacial score (nSPS) is 10.6. The lowest BCUT2D eigenvalue weighted by Gasteiger charge is -2.08. The van der Waals surface area contributed by atoms with Gasteiger partial charge in [-0.1, -0.05) is 30.0 Å². The van der Waals surface area contributed by atoms with Crippen molar-refractivity contribution < 1.29 is 13.9 Å². The van der Waals surface area contributed by atoms with Crippen LogP contribution in [0.15, 0.2) is 66.3 Å². The maximum Gasteiger partial charge on any atom is 0.192 e. The molecule has 0 saturated heterocycles. The van der Waals surface area contributed by atoms with Gasteiger partial charge in [0.05, 0.1) is 18.4 Å². The predicted molar refractivity (Wildman–Crippen MR) is 104 cm³/mol. The van der Waals surface area contributed by atoms with E-state index in [1.54, 1.807) is 25.3 Å². The van der Waals surface area contributed by atoms with Crippen LogP contribution in [0.5, 0.6) is 5.75 Å². The van der Waals surface area contributed by atoms with Crippen LogP contribution in [0.3, 0.4) is 0 Å². The van der Waals surface area contributed by atoms with Crippen molar-refractivity contribution in [3.8, 4) is 17.1 Å². The summed E-state index contributed by atoms with van der Waals surface area (Å²) in [4.78, 5) is 12.3. The Morgan fingerprint density at radius 1 is 1.22 bits per heavy atom. The van der Waals surface area contributed by atoms with Crippen LogP contribution in [0.4, 0.5) is 4.39 Å². The monoisotopic (exact) mass is 383 g/mol. The van der Waals surface area contributed by atoms with Gasteiger partial charge in [0.25, 0.3) is 0 Å². The lowest BCUT2D eigenvalue weighted by atomic mass is 10.1. The lowest BCUT2D eigenvalue weighted by Crippen LogP contribution is -2.07. The van der Waals surface area contributed by atoms with Crippen LogP contribution in [-0.2, 0) is 6.54 Å². The second-order valence-electron chi connectivity index (χ2n) is 5.63. The highest BCUT2D eigenvalue weighted by Gasteiger charge is 2.17. The number of ketones is 1. The van der Waals surface area contributed by atoms with Crippen molar-refractivity contribution >= 4 is 17.5 Å². The van der Waals surface area contributed by atoms with Crippen molar-refractivity contribution in [3.63, 3.8) is 0 Å². The molecule has 0 N–H and O–H groups in total. The highest BCUT2D eigenvalue weighted by Crippen LogP contribution is 2.26. The molecule has 0 spiro atoms. The molecule has 0 saturated carbocycles. The number of allylic oxidation sites excluding steroid dienone is 1. The zero-order valence-corrected chi connectivity index (χ0v) is 15.6. The number of thioether (sulfide) groups is 1. The maximum absolute atomic E-state index is 13.8. The van der Waals surface area contributed by atoms with Crippen LogP contribution in [0.2, 0.25) is 0 Å². The molecule has 0 fully saturated rings. The molecule has 0 aliphatic heterocycles. The highest BCUT2D eigenvalue weighted by molar-refractivity contribution is 7.99. The molecule has 0 aliphatic carbocycles. The third-order valence-corrected chi connectivity index (χ3v) is 4.85. The summed E-state index contributed by atoms with van der Waals surface area (Å²) in [5, 5.41) is 9.01. The molecule has 0 radical (unpaired) electrons. The van der Waals surface area contributed by atoms with Gasteiger partial charge in [-0.15, -0.1) is 16.8 Å². The first-order valence-corrected chi connectivity index (χ1v) is 9.21. The molecule has 0 amide bonds. The van der Waals surface area contributed by atoms with Gasteiger partial charge in [-0.3, -0.25) is 9.36 Å². The van der Waals surface area contributed by atoms with Crippen molar-refractivity contribution in [3.05, 3.63) is 72.6 Å². The Balaban J connectivity index is 1.81. The fourth-order valence-corrected chi connectivity index (χ4v) is 3.37. The second-order valence-corrected chi connectivity index (χ2v) is 6.57. The Hall–Kier alpha value is -2.93. The summed E-state index contributed by atoms with van der Waals surface area (Å²) in [6.07, 6.45) is 1.74. The quantitative estimate of drug-likeness (QED) is 0.331. The summed E-state index contributed by atoms with van der Waals surface area (Å²) < 4.78 is 20.8. The van der Waals surface area contributed by atoms with Crippen LogP contribution in [0.25, 0.3) is 11.4 Å². The Kier molecular flexibility index (Phi) is 6.03. The number of hydrogen-bond acceptors (Lipinski definition) is 5. The summed E-state index contributed by atoms with van der Waals surface area (Å²) in [6.45, 7) is 4.26. The molecule has 7 heteroatoms. The van der Waals surface area contributed by atoms with Crippen LogP contribution < -0.4 is 4.74 Å². The molecule has 3 aromatic rings. The topological polar surface area (TPSA) is 57.0 Å². The number of carbonyl (C=O) groups excluding carboxylic acids is 1. The van der Waals surface area contributed by atoms with E-state index in [-0.39, 0.29) is 17.1 Å². The number of Topliss-reactive ketones (excluding diaryl/α,β-unsaturated/α-hetero) is 1. The number of carbonyl (C=O) groups is 1. The summed E-state index contributed by atoms with van der Waals surface area (Å²) in [5.74, 6) is 0.669. The Bertz CT molecular complexity index is 954. The molecule has 0 bridgehead atoms. The van der Waals surface area contributed by atoms with Crippen molar-refractivity contribution in [1.29, 1.82) is 0 Å². The highest BCUT2D eigenvalue weighted by atomic mass is 32.2. The molecule has 27 heavy (non-hydrogen) atoms. The molecule has 0 aliphatic rings. The summed E-state index contributed by atoms with van der Waals surface area (Å²) in [7, 11) is 1.61. The minimum atomic E-state index is -0.519. The zero-order valence-electron chi connectivity index (χ0n) is 14.8. The fourth-order valence-electron chi connectivity index (χ4n) is 2.54. The van der Waals surface area contributed by atoms with E-state index in [1.807, 2.05) is 28.8 Å². The number of aromatic nitrogens is 3. The third-order valence-electron chi connectivity index (χ3n) is 3.88. The van der Waals surface area contributed by atoms with Gasteiger partial charge < -0.3 is 4.74 Å². The number of methoxy groups -OCH3 is 1. The number of halogens is 1. The van der Waals surface area contributed by atoms with Crippen molar-refractivity contribution in [1.82, 2.24) is 14.8 Å². The number of ether oxygens (including phenoxy) is 1. The van der Waals surface area contributed by atoms with E-state index < -0.39 is 5.82 Å². The lowest BCUT2D eigenvalue weighted by molar-refractivity contribution is 0.101. The van der Waals surface area contributed by atoms with Gasteiger partial charge in [-0.25, -0.2) is 4.39 Å². The fraction of sp³-hybridized carbons (Fsp3) is 0.150. The molecule has 2 aromatic carbocycles. The molecule has 138 valence electrons. The smallest absolute Gasteiger partial charge is 0.192 e. The second kappa shape index (κ2) is 8.64. The number of benzene rings is 2. The van der Waals surface area contributed by atoms with Gasteiger partial charge in [-0.05, 0) is 36.4 Å². The first kappa shape index (κ1) is 18.8. The minimum Gasteiger partial charge on any atom is -0.497 e. The van der Waals surface area contributed by atoms with Crippen molar-refractivity contribution in [2.75, 3.05) is 12.9 Å². The van der Waals surface area contributed by atoms with Gasteiger partial charge in [-0.2, -0.15) is 0 Å². The maximum atomic E-state index is 13.8. The summed E-state index contributed by atoms with van der Waals surface area (Å²) in [5.41, 5.74) is 0.951. The summed E-state index contributed by atoms with van der Waals surface area (Å²) >= 11 is 1.22. The van der Waals surface area contributed by atoms with Gasteiger partial charge in [0.15, 0.2) is 16.8 Å². The molecule has 1 heterocycles. The van der Waals surface area contributed by atoms with E-state index in [2.05, 4.69) is 16.8 Å². The number of rotatable bonds is 8.